The first-order chi connectivity index (χ1) is 18.6. The molecule has 39 heavy (non-hydrogen) atoms. The second kappa shape index (κ2) is 14.3. The monoisotopic (exact) mass is 539 g/mol. The molecule has 0 unspecified atom stereocenters. The number of nitro benzene ring substituents is 1. The SMILES string of the molecule is CCCCOC(=O)c1ccc(N)cc1.COC(=O)C1=C(C)NC(C)=C(C(=O)OC)C1c1ccccc1[N+](=O)[O-]. The van der Waals surface area contributed by atoms with E-state index in [1.54, 1.807) is 44.2 Å². The minimum absolute atomic E-state index is 0.128. The Morgan fingerprint density at radius 2 is 1.46 bits per heavy atom. The average Bonchev–Trinajstić information content (AvgIpc) is 2.92. The summed E-state index contributed by atoms with van der Waals surface area (Å²) in [7, 11) is 2.42. The van der Waals surface area contributed by atoms with Crippen LogP contribution in [0.15, 0.2) is 71.1 Å². The fraction of sp³-hybridized carbons (Fsp3) is 0.321. The lowest BCUT2D eigenvalue weighted by atomic mass is 9.79. The minimum Gasteiger partial charge on any atom is -0.466 e. The lowest BCUT2D eigenvalue weighted by molar-refractivity contribution is -0.385. The normalized spacial score (nSPS) is 13.1. The topological polar surface area (TPSA) is 160 Å². The number of methoxy groups -OCH3 is 2. The van der Waals surface area contributed by atoms with Crippen LogP contribution in [0.3, 0.4) is 0 Å². The van der Waals surface area contributed by atoms with E-state index >= 15 is 0 Å². The fourth-order valence-corrected chi connectivity index (χ4v) is 3.98. The van der Waals surface area contributed by atoms with Gasteiger partial charge in [0.1, 0.15) is 0 Å². The van der Waals surface area contributed by atoms with E-state index in [9.17, 15) is 24.5 Å². The quantitative estimate of drug-likeness (QED) is 0.123. The lowest BCUT2D eigenvalue weighted by Gasteiger charge is -2.29. The number of rotatable bonds is 8. The standard InChI is InChI=1S/C17H18N2O6.C11H15NO2/c1-9-13(16(20)24-3)15(14(10(2)18-9)17(21)25-4)11-7-5-6-8-12(11)19(22)23;1-2-3-8-14-11(13)9-4-6-10(12)7-5-9/h5-8,15,18H,1-4H3;4-7H,2-3,8,12H2,1H3. The van der Waals surface area contributed by atoms with Crippen LogP contribution in [0.25, 0.3) is 0 Å². The van der Waals surface area contributed by atoms with Crippen LogP contribution in [-0.2, 0) is 23.8 Å². The lowest BCUT2D eigenvalue weighted by Crippen LogP contribution is -2.32. The largest absolute Gasteiger partial charge is 0.466 e. The van der Waals surface area contributed by atoms with Crippen molar-refractivity contribution < 1.29 is 33.5 Å². The predicted octanol–water partition coefficient (Wildman–Crippen LogP) is 4.40. The molecule has 11 heteroatoms. The van der Waals surface area contributed by atoms with E-state index in [0.29, 0.717) is 29.3 Å². The number of allylic oxidation sites excluding steroid dienone is 2. The number of esters is 3. The summed E-state index contributed by atoms with van der Waals surface area (Å²) in [4.78, 5) is 46.9. The maximum Gasteiger partial charge on any atom is 0.338 e. The molecule has 2 aromatic carbocycles. The van der Waals surface area contributed by atoms with Crippen molar-refractivity contribution in [3.05, 3.63) is 92.3 Å². The summed E-state index contributed by atoms with van der Waals surface area (Å²) in [5.74, 6) is -2.61. The van der Waals surface area contributed by atoms with Gasteiger partial charge in [0.15, 0.2) is 0 Å². The molecule has 11 nitrogen and oxygen atoms in total. The number of anilines is 1. The summed E-state index contributed by atoms with van der Waals surface area (Å²) in [5.41, 5.74) is 7.89. The molecule has 0 amide bonds. The molecule has 0 aliphatic carbocycles. The Balaban J connectivity index is 0.000000322. The maximum absolute atomic E-state index is 12.3. The maximum atomic E-state index is 12.3. The Kier molecular flexibility index (Phi) is 11.2. The van der Waals surface area contributed by atoms with Gasteiger partial charge in [-0.25, -0.2) is 14.4 Å². The molecule has 3 N–H and O–H groups in total. The van der Waals surface area contributed by atoms with Gasteiger partial charge < -0.3 is 25.3 Å². The van der Waals surface area contributed by atoms with Gasteiger partial charge in [0.05, 0.1) is 48.4 Å². The zero-order valence-electron chi connectivity index (χ0n) is 22.6. The van der Waals surface area contributed by atoms with E-state index in [4.69, 9.17) is 19.9 Å². The highest BCUT2D eigenvalue weighted by molar-refractivity contribution is 6.00. The molecule has 0 saturated carbocycles. The van der Waals surface area contributed by atoms with Crippen molar-refractivity contribution in [1.82, 2.24) is 5.32 Å². The second-order valence-electron chi connectivity index (χ2n) is 8.55. The first-order valence-electron chi connectivity index (χ1n) is 12.2. The van der Waals surface area contributed by atoms with Crippen LogP contribution in [0.1, 0.15) is 55.5 Å². The Morgan fingerprint density at radius 1 is 0.923 bits per heavy atom. The van der Waals surface area contributed by atoms with E-state index in [0.717, 1.165) is 12.8 Å². The number of para-hydroxylation sites is 1. The Labute approximate surface area is 226 Å². The molecule has 2 aromatic rings. The second-order valence-corrected chi connectivity index (χ2v) is 8.55. The molecule has 1 heterocycles. The molecule has 0 atom stereocenters. The van der Waals surface area contributed by atoms with Gasteiger partial charge in [-0.15, -0.1) is 0 Å². The number of ether oxygens (including phenoxy) is 3. The Morgan fingerprint density at radius 3 is 1.95 bits per heavy atom. The van der Waals surface area contributed by atoms with Gasteiger partial charge in [0.25, 0.3) is 5.69 Å². The highest BCUT2D eigenvalue weighted by Gasteiger charge is 2.40. The van der Waals surface area contributed by atoms with E-state index in [1.807, 2.05) is 0 Å². The van der Waals surface area contributed by atoms with E-state index < -0.39 is 22.8 Å². The first-order valence-corrected chi connectivity index (χ1v) is 12.2. The van der Waals surface area contributed by atoms with Crippen LogP contribution >= 0.6 is 0 Å². The molecule has 0 spiro atoms. The molecule has 0 saturated heterocycles. The van der Waals surface area contributed by atoms with Crippen molar-refractivity contribution >= 4 is 29.3 Å². The number of nitrogens with one attached hydrogen (secondary N) is 1. The van der Waals surface area contributed by atoms with E-state index in [2.05, 4.69) is 12.2 Å². The van der Waals surface area contributed by atoms with Crippen LogP contribution in [0.5, 0.6) is 0 Å². The van der Waals surface area contributed by atoms with Gasteiger partial charge in [-0.2, -0.15) is 0 Å². The van der Waals surface area contributed by atoms with Crippen molar-refractivity contribution in [2.45, 2.75) is 39.5 Å². The zero-order chi connectivity index (χ0) is 29.1. The minimum atomic E-state index is -0.970. The third-order valence-corrected chi connectivity index (χ3v) is 5.89. The molecule has 0 radical (unpaired) electrons. The first kappa shape index (κ1) is 30.6. The van der Waals surface area contributed by atoms with Crippen molar-refractivity contribution in [2.75, 3.05) is 26.6 Å². The van der Waals surface area contributed by atoms with Crippen molar-refractivity contribution in [1.29, 1.82) is 0 Å². The fourth-order valence-electron chi connectivity index (χ4n) is 3.98. The Bertz CT molecular complexity index is 1240. The van der Waals surface area contributed by atoms with Gasteiger partial charge >= 0.3 is 17.9 Å². The number of dihydropyridines is 1. The third-order valence-electron chi connectivity index (χ3n) is 5.89. The summed E-state index contributed by atoms with van der Waals surface area (Å²) < 4.78 is 14.7. The number of hydrogen-bond acceptors (Lipinski definition) is 10. The van der Waals surface area contributed by atoms with Crippen LogP contribution in [-0.4, -0.2) is 43.7 Å². The predicted molar refractivity (Wildman–Crippen MR) is 144 cm³/mol. The number of unbranched alkanes of at least 4 members (excludes halogenated alkanes) is 1. The summed E-state index contributed by atoms with van der Waals surface area (Å²) in [6.07, 6.45) is 1.93. The molecule has 0 aromatic heterocycles. The summed E-state index contributed by atoms with van der Waals surface area (Å²) in [6.45, 7) is 5.83. The number of nitrogen functional groups attached to an aromatic ring is 1. The van der Waals surface area contributed by atoms with E-state index in [-0.39, 0.29) is 28.4 Å². The van der Waals surface area contributed by atoms with Gasteiger partial charge in [-0.3, -0.25) is 10.1 Å². The molecule has 0 bridgehead atoms. The Hall–Kier alpha value is -4.67. The van der Waals surface area contributed by atoms with Crippen LogP contribution in [0.4, 0.5) is 11.4 Å². The van der Waals surface area contributed by atoms with Crippen LogP contribution in [0, 0.1) is 10.1 Å². The van der Waals surface area contributed by atoms with Crippen molar-refractivity contribution in [3.8, 4) is 0 Å². The van der Waals surface area contributed by atoms with Crippen LogP contribution in [0.2, 0.25) is 0 Å². The van der Waals surface area contributed by atoms with Gasteiger partial charge in [0.2, 0.25) is 0 Å². The third kappa shape index (κ3) is 7.67. The van der Waals surface area contributed by atoms with Gasteiger partial charge in [0, 0.05) is 28.7 Å². The molecule has 1 aliphatic heterocycles. The molecular formula is C28H33N3O8. The summed E-state index contributed by atoms with van der Waals surface area (Å²) in [5, 5.41) is 14.4. The number of nitro groups is 1. The van der Waals surface area contributed by atoms with Gasteiger partial charge in [-0.05, 0) is 44.5 Å². The van der Waals surface area contributed by atoms with Crippen molar-refractivity contribution in [3.63, 3.8) is 0 Å². The molecule has 208 valence electrons. The number of nitrogens with two attached hydrogens (primary N) is 1. The molecule has 1 aliphatic rings. The number of carbonyl (C=O) groups excluding carboxylic acids is 3. The van der Waals surface area contributed by atoms with Crippen molar-refractivity contribution in [2.24, 2.45) is 0 Å². The molecular weight excluding hydrogens is 506 g/mol. The molecule has 0 fully saturated rings. The average molecular weight is 540 g/mol. The van der Waals surface area contributed by atoms with E-state index in [1.165, 1.54) is 32.4 Å². The molecule has 3 rings (SSSR count). The number of benzene rings is 2. The highest BCUT2D eigenvalue weighted by Crippen LogP contribution is 2.42. The van der Waals surface area contributed by atoms with Crippen LogP contribution < -0.4 is 11.1 Å². The number of carbonyl (C=O) groups is 3. The highest BCUT2D eigenvalue weighted by atomic mass is 16.6. The summed E-state index contributed by atoms with van der Waals surface area (Å²) >= 11 is 0. The zero-order valence-corrected chi connectivity index (χ0v) is 22.6. The summed E-state index contributed by atoms with van der Waals surface area (Å²) in [6, 6.07) is 12.7. The smallest absolute Gasteiger partial charge is 0.338 e. The van der Waals surface area contributed by atoms with Gasteiger partial charge in [-0.1, -0.05) is 31.5 Å². The number of hydrogen-bond donors (Lipinski definition) is 2. The number of nitrogens with zero attached hydrogens (tertiary/aromatic N) is 1.